The number of likely N-dealkylation sites (N-methyl/N-ethyl adjacent to an activating group) is 1. The summed E-state index contributed by atoms with van der Waals surface area (Å²) in [4.78, 5) is 26.7. The van der Waals surface area contributed by atoms with Crippen LogP contribution in [0.25, 0.3) is 0 Å². The van der Waals surface area contributed by atoms with E-state index in [9.17, 15) is 18.0 Å². The van der Waals surface area contributed by atoms with Gasteiger partial charge in [0.05, 0.1) is 10.8 Å². The number of rotatable bonds is 7. The second-order valence-electron chi connectivity index (χ2n) is 7.07. The van der Waals surface area contributed by atoms with Crippen molar-refractivity contribution in [3.8, 4) is 0 Å². The van der Waals surface area contributed by atoms with Crippen molar-refractivity contribution in [2.75, 3.05) is 31.1 Å². The third kappa shape index (κ3) is 5.06. The van der Waals surface area contributed by atoms with E-state index in [0.717, 1.165) is 5.69 Å². The van der Waals surface area contributed by atoms with Gasteiger partial charge >= 0.3 is 5.97 Å². The lowest BCUT2D eigenvalue weighted by molar-refractivity contribution is -0.153. The van der Waals surface area contributed by atoms with Gasteiger partial charge in [-0.1, -0.05) is 36.4 Å². The smallest absolute Gasteiger partial charge is 0.309 e. The number of piperidine rings is 1. The van der Waals surface area contributed by atoms with Crippen molar-refractivity contribution in [3.63, 3.8) is 0 Å². The zero-order valence-corrected chi connectivity index (χ0v) is 17.8. The van der Waals surface area contributed by atoms with Crippen LogP contribution in [0.2, 0.25) is 0 Å². The van der Waals surface area contributed by atoms with Gasteiger partial charge in [0.25, 0.3) is 5.91 Å². The minimum Gasteiger partial charge on any atom is -0.455 e. The third-order valence-corrected chi connectivity index (χ3v) is 7.10. The molecule has 0 saturated carbocycles. The van der Waals surface area contributed by atoms with Crippen molar-refractivity contribution in [2.24, 2.45) is 5.92 Å². The lowest BCUT2D eigenvalue weighted by atomic mass is 9.98. The standard InChI is InChI=1S/C22H26N2O5S/c1-2-24(19-9-5-3-6-10-19)21(25)17-29-22(26)18-13-15-23(16-14-18)30(27,28)20-11-7-4-8-12-20/h3-12,18H,2,13-17H2,1H3. The summed E-state index contributed by atoms with van der Waals surface area (Å²) in [6, 6.07) is 17.5. The van der Waals surface area contributed by atoms with E-state index < -0.39 is 21.9 Å². The Hall–Kier alpha value is -2.71. The Morgan fingerprint density at radius 2 is 1.57 bits per heavy atom. The zero-order chi connectivity index (χ0) is 21.6. The Balaban J connectivity index is 1.51. The van der Waals surface area contributed by atoms with Crippen LogP contribution in [0.3, 0.4) is 0 Å². The van der Waals surface area contributed by atoms with Crippen molar-refractivity contribution in [1.29, 1.82) is 0 Å². The summed E-state index contributed by atoms with van der Waals surface area (Å²) < 4.78 is 32.0. The van der Waals surface area contributed by atoms with Crippen LogP contribution in [0.1, 0.15) is 19.8 Å². The van der Waals surface area contributed by atoms with Gasteiger partial charge in [0.2, 0.25) is 10.0 Å². The number of sulfonamides is 1. The maximum absolute atomic E-state index is 12.7. The molecule has 160 valence electrons. The van der Waals surface area contributed by atoms with E-state index >= 15 is 0 Å². The predicted octanol–water partition coefficient (Wildman–Crippen LogP) is 2.68. The Bertz CT molecular complexity index is 956. The first kappa shape index (κ1) is 22.0. The van der Waals surface area contributed by atoms with Crippen molar-refractivity contribution in [3.05, 3.63) is 60.7 Å². The van der Waals surface area contributed by atoms with E-state index in [1.54, 1.807) is 35.2 Å². The molecule has 1 amide bonds. The van der Waals surface area contributed by atoms with Crippen molar-refractivity contribution in [1.82, 2.24) is 4.31 Å². The highest BCUT2D eigenvalue weighted by molar-refractivity contribution is 7.89. The van der Waals surface area contributed by atoms with Crippen molar-refractivity contribution >= 4 is 27.6 Å². The lowest BCUT2D eigenvalue weighted by Crippen LogP contribution is -2.41. The molecule has 30 heavy (non-hydrogen) atoms. The van der Waals surface area contributed by atoms with Gasteiger partial charge in [0.15, 0.2) is 6.61 Å². The summed E-state index contributed by atoms with van der Waals surface area (Å²) in [6.45, 7) is 2.49. The lowest BCUT2D eigenvalue weighted by Gasteiger charge is -2.30. The highest BCUT2D eigenvalue weighted by Gasteiger charge is 2.33. The minimum absolute atomic E-state index is 0.246. The number of nitrogens with zero attached hydrogens (tertiary/aromatic N) is 2. The number of amides is 1. The number of carbonyl (C=O) groups excluding carboxylic acids is 2. The highest BCUT2D eigenvalue weighted by Crippen LogP contribution is 2.24. The second kappa shape index (κ2) is 9.86. The zero-order valence-electron chi connectivity index (χ0n) is 16.9. The fourth-order valence-electron chi connectivity index (χ4n) is 3.51. The molecule has 1 heterocycles. The Morgan fingerprint density at radius 1 is 1.00 bits per heavy atom. The molecule has 8 heteroatoms. The Kier molecular flexibility index (Phi) is 7.23. The van der Waals surface area contributed by atoms with Gasteiger partial charge in [-0.15, -0.1) is 0 Å². The number of ether oxygens (including phenoxy) is 1. The third-order valence-electron chi connectivity index (χ3n) is 5.19. The van der Waals surface area contributed by atoms with Gasteiger partial charge < -0.3 is 9.64 Å². The van der Waals surface area contributed by atoms with E-state index in [4.69, 9.17) is 4.74 Å². The van der Waals surface area contributed by atoms with Gasteiger partial charge in [-0.3, -0.25) is 9.59 Å². The molecular weight excluding hydrogens is 404 g/mol. The van der Waals surface area contributed by atoms with Crippen LogP contribution >= 0.6 is 0 Å². The summed E-state index contributed by atoms with van der Waals surface area (Å²) in [5, 5.41) is 0. The first-order valence-electron chi connectivity index (χ1n) is 10.0. The molecule has 0 bridgehead atoms. The Labute approximate surface area is 177 Å². The van der Waals surface area contributed by atoms with E-state index in [0.29, 0.717) is 19.4 Å². The highest BCUT2D eigenvalue weighted by atomic mass is 32.2. The number of hydrogen-bond acceptors (Lipinski definition) is 5. The van der Waals surface area contributed by atoms with Crippen LogP contribution in [0.4, 0.5) is 5.69 Å². The van der Waals surface area contributed by atoms with Crippen molar-refractivity contribution in [2.45, 2.75) is 24.7 Å². The number of hydrogen-bond donors (Lipinski definition) is 0. The minimum atomic E-state index is -3.56. The number of carbonyl (C=O) groups is 2. The summed E-state index contributed by atoms with van der Waals surface area (Å²) in [6.07, 6.45) is 0.741. The fourth-order valence-corrected chi connectivity index (χ4v) is 5.00. The second-order valence-corrected chi connectivity index (χ2v) is 9.01. The molecule has 2 aromatic carbocycles. The van der Waals surface area contributed by atoms with Gasteiger partial charge in [-0.05, 0) is 44.0 Å². The molecule has 0 aromatic heterocycles. The molecular formula is C22H26N2O5S. The van der Waals surface area contributed by atoms with E-state index in [-0.39, 0.29) is 30.5 Å². The molecule has 1 fully saturated rings. The van der Waals surface area contributed by atoms with Crippen LogP contribution in [-0.2, 0) is 24.3 Å². The first-order valence-corrected chi connectivity index (χ1v) is 11.4. The quantitative estimate of drug-likeness (QED) is 0.631. The van der Waals surface area contributed by atoms with Gasteiger partial charge in [0.1, 0.15) is 0 Å². The molecule has 0 unspecified atom stereocenters. The van der Waals surface area contributed by atoms with Crippen LogP contribution in [0.15, 0.2) is 65.6 Å². The van der Waals surface area contributed by atoms with Crippen LogP contribution < -0.4 is 4.90 Å². The van der Waals surface area contributed by atoms with Crippen LogP contribution in [-0.4, -0.2) is 50.8 Å². The first-order chi connectivity index (χ1) is 14.4. The summed E-state index contributed by atoms with van der Waals surface area (Å²) >= 11 is 0. The maximum Gasteiger partial charge on any atom is 0.309 e. The number of anilines is 1. The molecule has 1 saturated heterocycles. The molecule has 0 aliphatic carbocycles. The van der Waals surface area contributed by atoms with Crippen molar-refractivity contribution < 1.29 is 22.7 Å². The molecule has 0 radical (unpaired) electrons. The maximum atomic E-state index is 12.7. The monoisotopic (exact) mass is 430 g/mol. The van der Waals surface area contributed by atoms with E-state index in [2.05, 4.69) is 0 Å². The Morgan fingerprint density at radius 3 is 2.13 bits per heavy atom. The summed E-state index contributed by atoms with van der Waals surface area (Å²) in [5.74, 6) is -1.16. The van der Waals surface area contributed by atoms with E-state index in [1.807, 2.05) is 37.3 Å². The number of esters is 1. The fraction of sp³-hybridized carbons (Fsp3) is 0.364. The average Bonchev–Trinajstić information content (AvgIpc) is 2.79. The molecule has 3 rings (SSSR count). The van der Waals surface area contributed by atoms with Gasteiger partial charge in [0, 0.05) is 25.3 Å². The summed E-state index contributed by atoms with van der Waals surface area (Å²) in [5.41, 5.74) is 0.750. The van der Waals surface area contributed by atoms with Gasteiger partial charge in [-0.25, -0.2) is 8.42 Å². The average molecular weight is 431 g/mol. The van der Waals surface area contributed by atoms with E-state index in [1.165, 1.54) is 4.31 Å². The normalized spacial score (nSPS) is 15.5. The summed E-state index contributed by atoms with van der Waals surface area (Å²) in [7, 11) is -3.56. The molecule has 7 nitrogen and oxygen atoms in total. The molecule has 1 aliphatic heterocycles. The topological polar surface area (TPSA) is 84.0 Å². The van der Waals surface area contributed by atoms with Crippen LogP contribution in [0.5, 0.6) is 0 Å². The molecule has 0 atom stereocenters. The molecule has 1 aliphatic rings. The predicted molar refractivity (Wildman–Crippen MR) is 113 cm³/mol. The molecule has 0 spiro atoms. The largest absolute Gasteiger partial charge is 0.455 e. The molecule has 0 N–H and O–H groups in total. The molecule has 2 aromatic rings. The number of para-hydroxylation sites is 1. The SMILES string of the molecule is CCN(C(=O)COC(=O)C1CCN(S(=O)(=O)c2ccccc2)CC1)c1ccccc1. The van der Waals surface area contributed by atoms with Crippen LogP contribution in [0, 0.1) is 5.92 Å². The number of benzene rings is 2. The van der Waals surface area contributed by atoms with Gasteiger partial charge in [-0.2, -0.15) is 4.31 Å².